The van der Waals surface area contributed by atoms with Crippen molar-refractivity contribution in [2.75, 3.05) is 5.33 Å². The first-order valence-electron chi connectivity index (χ1n) is 4.50. The molecule has 0 aliphatic heterocycles. The van der Waals surface area contributed by atoms with Crippen molar-refractivity contribution in [2.45, 2.75) is 19.1 Å². The number of aliphatic hydroxyl groups excluding tert-OH is 2. The molecule has 0 saturated carbocycles. The van der Waals surface area contributed by atoms with Gasteiger partial charge in [-0.15, -0.1) is 0 Å². The highest BCUT2D eigenvalue weighted by Gasteiger charge is 2.21. The molecule has 16 heavy (non-hydrogen) atoms. The van der Waals surface area contributed by atoms with Crippen molar-refractivity contribution in [1.82, 2.24) is 4.98 Å². The lowest BCUT2D eigenvalue weighted by Crippen LogP contribution is -2.21. The van der Waals surface area contributed by atoms with Crippen LogP contribution in [-0.4, -0.2) is 31.6 Å². The van der Waals surface area contributed by atoms with E-state index in [-0.39, 0.29) is 16.7 Å². The van der Waals surface area contributed by atoms with E-state index in [1.54, 1.807) is 6.92 Å². The third kappa shape index (κ3) is 2.75. The minimum atomic E-state index is -1.15. The van der Waals surface area contributed by atoms with Crippen molar-refractivity contribution in [1.29, 1.82) is 0 Å². The molecule has 88 valence electrons. The quantitative estimate of drug-likeness (QED) is 0.491. The second-order valence-corrected chi connectivity index (χ2v) is 3.97. The van der Waals surface area contributed by atoms with Crippen LogP contribution in [0, 0.1) is 17.0 Å². The zero-order valence-electron chi connectivity index (χ0n) is 8.50. The average Bonchev–Trinajstić information content (AvgIpc) is 2.26. The van der Waals surface area contributed by atoms with Crippen LogP contribution in [0.5, 0.6) is 0 Å². The summed E-state index contributed by atoms with van der Waals surface area (Å²) in [6, 6.07) is 1.31. The van der Waals surface area contributed by atoms with Crippen LogP contribution in [0.4, 0.5) is 5.69 Å². The molecule has 7 heteroatoms. The maximum Gasteiger partial charge on any atom is 0.287 e. The van der Waals surface area contributed by atoms with Gasteiger partial charge in [-0.1, -0.05) is 15.9 Å². The van der Waals surface area contributed by atoms with Crippen LogP contribution < -0.4 is 0 Å². The molecule has 6 nitrogen and oxygen atoms in total. The molecule has 0 fully saturated rings. The Hall–Kier alpha value is -1.05. The molecule has 0 saturated heterocycles. The fraction of sp³-hybridized carbons (Fsp3) is 0.444. The minimum absolute atomic E-state index is 0.137. The number of pyridine rings is 1. The van der Waals surface area contributed by atoms with E-state index in [9.17, 15) is 20.3 Å². The summed E-state index contributed by atoms with van der Waals surface area (Å²) in [5.74, 6) is 0. The van der Waals surface area contributed by atoms with E-state index < -0.39 is 17.1 Å². The molecule has 0 aliphatic carbocycles. The maximum absolute atomic E-state index is 10.5. The van der Waals surface area contributed by atoms with Gasteiger partial charge in [-0.3, -0.25) is 15.1 Å². The zero-order valence-corrected chi connectivity index (χ0v) is 10.1. The van der Waals surface area contributed by atoms with Gasteiger partial charge < -0.3 is 10.2 Å². The van der Waals surface area contributed by atoms with Crippen LogP contribution in [0.15, 0.2) is 12.3 Å². The summed E-state index contributed by atoms with van der Waals surface area (Å²) in [6.45, 7) is 1.60. The zero-order chi connectivity index (χ0) is 12.3. The summed E-state index contributed by atoms with van der Waals surface area (Å²) < 4.78 is 0. The van der Waals surface area contributed by atoms with E-state index in [1.165, 1.54) is 6.07 Å². The molecule has 2 N–H and O–H groups in total. The van der Waals surface area contributed by atoms with Gasteiger partial charge in [0.2, 0.25) is 0 Å². The number of aliphatic hydroxyl groups is 2. The minimum Gasteiger partial charge on any atom is -0.389 e. The van der Waals surface area contributed by atoms with Gasteiger partial charge in [0.05, 0.1) is 16.7 Å². The number of halogens is 1. The highest BCUT2D eigenvalue weighted by Crippen LogP contribution is 2.22. The molecule has 2 atom stereocenters. The van der Waals surface area contributed by atoms with E-state index in [0.29, 0.717) is 5.56 Å². The summed E-state index contributed by atoms with van der Waals surface area (Å²) in [5.41, 5.74) is 0.584. The van der Waals surface area contributed by atoms with Crippen molar-refractivity contribution in [3.8, 4) is 0 Å². The molecule has 0 radical (unpaired) electrons. The molecule has 1 rings (SSSR count). The number of aryl methyl sites for hydroxylation is 1. The van der Waals surface area contributed by atoms with Gasteiger partial charge in [-0.05, 0) is 12.5 Å². The van der Waals surface area contributed by atoms with Gasteiger partial charge >= 0.3 is 0 Å². The van der Waals surface area contributed by atoms with Gasteiger partial charge in [0.15, 0.2) is 0 Å². The van der Waals surface area contributed by atoms with Crippen molar-refractivity contribution < 1.29 is 15.1 Å². The smallest absolute Gasteiger partial charge is 0.287 e. The van der Waals surface area contributed by atoms with Crippen LogP contribution in [0.3, 0.4) is 0 Å². The van der Waals surface area contributed by atoms with Crippen LogP contribution in [0.1, 0.15) is 17.4 Å². The number of alkyl halides is 1. The maximum atomic E-state index is 10.5. The van der Waals surface area contributed by atoms with Crippen LogP contribution in [0.25, 0.3) is 0 Å². The monoisotopic (exact) mass is 290 g/mol. The summed E-state index contributed by atoms with van der Waals surface area (Å²) in [4.78, 5) is 13.7. The normalized spacial score (nSPS) is 14.5. The first-order chi connectivity index (χ1) is 7.47. The summed E-state index contributed by atoms with van der Waals surface area (Å²) >= 11 is 3.03. The van der Waals surface area contributed by atoms with E-state index in [1.807, 2.05) is 0 Å². The number of hydrogen-bond acceptors (Lipinski definition) is 5. The van der Waals surface area contributed by atoms with E-state index in [4.69, 9.17) is 0 Å². The average molecular weight is 291 g/mol. The molecular weight excluding hydrogens is 280 g/mol. The second kappa shape index (κ2) is 5.33. The van der Waals surface area contributed by atoms with Gasteiger partial charge in [0, 0.05) is 11.4 Å². The molecule has 1 heterocycles. The molecule has 0 aliphatic rings. The molecule has 0 bridgehead atoms. The Labute approximate surface area is 100 Å². The Morgan fingerprint density at radius 1 is 1.62 bits per heavy atom. The SMILES string of the molecule is Cc1cc([N+](=O)[O-])cnc1C(O)C(O)CBr. The Morgan fingerprint density at radius 3 is 2.69 bits per heavy atom. The molecule has 1 aromatic heterocycles. The van der Waals surface area contributed by atoms with Gasteiger partial charge in [0.1, 0.15) is 12.3 Å². The van der Waals surface area contributed by atoms with Gasteiger partial charge in [0.25, 0.3) is 5.69 Å². The molecular formula is C9H11BrN2O4. The molecule has 0 amide bonds. The van der Waals surface area contributed by atoms with E-state index >= 15 is 0 Å². The number of nitrogens with zero attached hydrogens (tertiary/aromatic N) is 2. The van der Waals surface area contributed by atoms with Crippen LogP contribution in [-0.2, 0) is 0 Å². The number of nitro groups is 1. The second-order valence-electron chi connectivity index (χ2n) is 3.32. The van der Waals surface area contributed by atoms with Crippen LogP contribution in [0.2, 0.25) is 0 Å². The highest BCUT2D eigenvalue weighted by atomic mass is 79.9. The topological polar surface area (TPSA) is 96.5 Å². The third-order valence-electron chi connectivity index (χ3n) is 2.12. The van der Waals surface area contributed by atoms with Gasteiger partial charge in [-0.25, -0.2) is 0 Å². The summed E-state index contributed by atoms with van der Waals surface area (Å²) in [7, 11) is 0. The lowest BCUT2D eigenvalue weighted by molar-refractivity contribution is -0.385. The third-order valence-corrected chi connectivity index (χ3v) is 2.78. The Balaban J connectivity index is 3.03. The fourth-order valence-corrected chi connectivity index (χ4v) is 1.60. The van der Waals surface area contributed by atoms with Crippen molar-refractivity contribution in [3.05, 3.63) is 33.6 Å². The lowest BCUT2D eigenvalue weighted by Gasteiger charge is -2.16. The highest BCUT2D eigenvalue weighted by molar-refractivity contribution is 9.09. The standard InChI is InChI=1S/C9H11BrN2O4/c1-5-2-6(12(15)16)4-11-8(5)9(14)7(13)3-10/h2,4,7,9,13-14H,3H2,1H3. The van der Waals surface area contributed by atoms with E-state index in [0.717, 1.165) is 6.20 Å². The van der Waals surface area contributed by atoms with Crippen LogP contribution >= 0.6 is 15.9 Å². The van der Waals surface area contributed by atoms with Crippen molar-refractivity contribution >= 4 is 21.6 Å². The van der Waals surface area contributed by atoms with E-state index in [2.05, 4.69) is 20.9 Å². The fourth-order valence-electron chi connectivity index (χ4n) is 1.25. The summed E-state index contributed by atoms with van der Waals surface area (Å²) in [5, 5.41) is 29.8. The number of hydrogen-bond donors (Lipinski definition) is 2. The first-order valence-corrected chi connectivity index (χ1v) is 5.62. The Morgan fingerprint density at radius 2 is 2.25 bits per heavy atom. The predicted molar refractivity (Wildman–Crippen MR) is 60.4 cm³/mol. The molecule has 0 spiro atoms. The Kier molecular flexibility index (Phi) is 4.34. The number of rotatable bonds is 4. The largest absolute Gasteiger partial charge is 0.389 e. The number of aromatic nitrogens is 1. The lowest BCUT2D eigenvalue weighted by atomic mass is 10.1. The molecule has 0 aromatic carbocycles. The molecule has 2 unspecified atom stereocenters. The molecule has 1 aromatic rings. The first kappa shape index (κ1) is 13.0. The van der Waals surface area contributed by atoms with Gasteiger partial charge in [-0.2, -0.15) is 0 Å². The van der Waals surface area contributed by atoms with Crippen molar-refractivity contribution in [2.24, 2.45) is 0 Å². The van der Waals surface area contributed by atoms with Crippen molar-refractivity contribution in [3.63, 3.8) is 0 Å². The summed E-state index contributed by atoms with van der Waals surface area (Å²) in [6.07, 6.45) is -1.08. The Bertz CT molecular complexity index is 399. The predicted octanol–water partition coefficient (Wildman–Crippen LogP) is 1.09.